The zero-order valence-corrected chi connectivity index (χ0v) is 13.2. The van der Waals surface area contributed by atoms with Gasteiger partial charge in [0.25, 0.3) is 0 Å². The van der Waals surface area contributed by atoms with Crippen LogP contribution in [0, 0.1) is 6.92 Å². The Morgan fingerprint density at radius 2 is 2.00 bits per heavy atom. The van der Waals surface area contributed by atoms with Gasteiger partial charge in [-0.2, -0.15) is 0 Å². The molecule has 2 nitrogen and oxygen atoms in total. The van der Waals surface area contributed by atoms with Crippen LogP contribution in [0.3, 0.4) is 0 Å². The van der Waals surface area contributed by atoms with Crippen LogP contribution in [0.15, 0.2) is 34.9 Å². The number of alkyl halides is 1. The van der Waals surface area contributed by atoms with E-state index in [-0.39, 0.29) is 4.83 Å². The molecule has 0 saturated heterocycles. The van der Waals surface area contributed by atoms with Gasteiger partial charge in [-0.25, -0.2) is 0 Å². The minimum Gasteiger partial charge on any atom is -0.494 e. The van der Waals surface area contributed by atoms with Gasteiger partial charge < -0.3 is 9.15 Å². The molecule has 0 amide bonds. The highest BCUT2D eigenvalue weighted by molar-refractivity contribution is 9.09. The molecule has 0 N–H and O–H groups in total. The van der Waals surface area contributed by atoms with Gasteiger partial charge in [-0.15, -0.1) is 0 Å². The van der Waals surface area contributed by atoms with Gasteiger partial charge in [0, 0.05) is 17.5 Å². The zero-order chi connectivity index (χ0) is 13.8. The fourth-order valence-corrected chi connectivity index (χ4v) is 2.95. The molecule has 1 aromatic heterocycles. The highest BCUT2D eigenvalue weighted by atomic mass is 79.9. The molecule has 0 fully saturated rings. The molecule has 1 aromatic carbocycles. The molecule has 0 aliphatic carbocycles. The number of aryl methyl sites for hydroxylation is 2. The third kappa shape index (κ3) is 3.03. The van der Waals surface area contributed by atoms with Crippen molar-refractivity contribution in [3.05, 3.63) is 53.0 Å². The molecule has 0 radical (unpaired) electrons. The van der Waals surface area contributed by atoms with Gasteiger partial charge in [0.05, 0.1) is 17.7 Å². The monoisotopic (exact) mass is 322 g/mol. The van der Waals surface area contributed by atoms with E-state index >= 15 is 0 Å². The zero-order valence-electron chi connectivity index (χ0n) is 11.6. The standard InChI is InChI=1S/C16H19BrO2/c1-4-14-12(8-9-19-14)16(17)13-10-11(3)6-7-15(13)18-5-2/h6-10,16H,4-5H2,1-3H3. The Bertz CT molecular complexity index is 545. The first-order valence-electron chi connectivity index (χ1n) is 6.61. The number of ether oxygens (including phenoxy) is 1. The van der Waals surface area contributed by atoms with E-state index in [4.69, 9.17) is 9.15 Å². The number of halogens is 1. The van der Waals surface area contributed by atoms with Crippen LogP contribution < -0.4 is 4.74 Å². The average molecular weight is 323 g/mol. The maximum atomic E-state index is 5.72. The van der Waals surface area contributed by atoms with Crippen LogP contribution in [0.4, 0.5) is 0 Å². The van der Waals surface area contributed by atoms with Crippen LogP contribution in [0.25, 0.3) is 0 Å². The van der Waals surface area contributed by atoms with Crippen LogP contribution in [0.1, 0.15) is 41.1 Å². The van der Waals surface area contributed by atoms with Crippen molar-refractivity contribution in [1.82, 2.24) is 0 Å². The summed E-state index contributed by atoms with van der Waals surface area (Å²) in [7, 11) is 0. The van der Waals surface area contributed by atoms with Crippen LogP contribution in [-0.2, 0) is 6.42 Å². The van der Waals surface area contributed by atoms with E-state index in [0.717, 1.165) is 23.5 Å². The lowest BCUT2D eigenvalue weighted by Crippen LogP contribution is -2.01. The maximum Gasteiger partial charge on any atom is 0.123 e. The van der Waals surface area contributed by atoms with E-state index in [9.17, 15) is 0 Å². The molecule has 102 valence electrons. The third-order valence-electron chi connectivity index (χ3n) is 3.11. The fourth-order valence-electron chi connectivity index (χ4n) is 2.18. The summed E-state index contributed by atoms with van der Waals surface area (Å²) in [5.74, 6) is 1.95. The molecule has 1 atom stereocenters. The highest BCUT2D eigenvalue weighted by Crippen LogP contribution is 2.39. The smallest absolute Gasteiger partial charge is 0.123 e. The maximum absolute atomic E-state index is 5.72. The van der Waals surface area contributed by atoms with Crippen molar-refractivity contribution >= 4 is 15.9 Å². The normalized spacial score (nSPS) is 12.4. The van der Waals surface area contributed by atoms with Crippen LogP contribution >= 0.6 is 15.9 Å². The SMILES string of the molecule is CCOc1ccc(C)cc1C(Br)c1ccoc1CC. The Balaban J connectivity index is 2.42. The summed E-state index contributed by atoms with van der Waals surface area (Å²) in [5.41, 5.74) is 3.55. The van der Waals surface area contributed by atoms with Gasteiger partial charge in [0.1, 0.15) is 11.5 Å². The number of benzene rings is 1. The first-order chi connectivity index (χ1) is 9.17. The van der Waals surface area contributed by atoms with Gasteiger partial charge in [-0.05, 0) is 26.0 Å². The van der Waals surface area contributed by atoms with E-state index in [0.29, 0.717) is 6.61 Å². The molecule has 2 aromatic rings. The predicted octanol–water partition coefficient (Wildman–Crippen LogP) is 5.03. The average Bonchev–Trinajstić information content (AvgIpc) is 2.88. The van der Waals surface area contributed by atoms with Crippen molar-refractivity contribution < 1.29 is 9.15 Å². The fraction of sp³-hybridized carbons (Fsp3) is 0.375. The van der Waals surface area contributed by atoms with Crippen molar-refractivity contribution in [2.75, 3.05) is 6.61 Å². The van der Waals surface area contributed by atoms with Gasteiger partial charge in [0.15, 0.2) is 0 Å². The summed E-state index contributed by atoms with van der Waals surface area (Å²) in [6, 6.07) is 8.30. The van der Waals surface area contributed by atoms with Crippen molar-refractivity contribution in [1.29, 1.82) is 0 Å². The predicted molar refractivity (Wildman–Crippen MR) is 81.2 cm³/mol. The lowest BCUT2D eigenvalue weighted by molar-refractivity contribution is 0.337. The topological polar surface area (TPSA) is 22.4 Å². The minimum atomic E-state index is 0.0997. The number of furan rings is 1. The Morgan fingerprint density at radius 3 is 2.68 bits per heavy atom. The first kappa shape index (κ1) is 14.2. The molecular formula is C16H19BrO2. The second-order valence-electron chi connectivity index (χ2n) is 4.49. The molecule has 0 aliphatic rings. The molecule has 1 heterocycles. The van der Waals surface area contributed by atoms with Crippen molar-refractivity contribution in [2.24, 2.45) is 0 Å². The summed E-state index contributed by atoms with van der Waals surface area (Å²) < 4.78 is 11.2. The van der Waals surface area contributed by atoms with Gasteiger partial charge >= 0.3 is 0 Å². The molecular weight excluding hydrogens is 304 g/mol. The molecule has 3 heteroatoms. The van der Waals surface area contributed by atoms with Crippen LogP contribution in [0.2, 0.25) is 0 Å². The van der Waals surface area contributed by atoms with E-state index < -0.39 is 0 Å². The second-order valence-corrected chi connectivity index (χ2v) is 5.41. The van der Waals surface area contributed by atoms with Gasteiger partial charge in [0.2, 0.25) is 0 Å². The second kappa shape index (κ2) is 6.29. The Labute approximate surface area is 122 Å². The molecule has 0 spiro atoms. The van der Waals surface area contributed by atoms with E-state index in [1.54, 1.807) is 6.26 Å². The molecule has 0 saturated carbocycles. The highest BCUT2D eigenvalue weighted by Gasteiger charge is 2.20. The Morgan fingerprint density at radius 1 is 1.21 bits per heavy atom. The van der Waals surface area contributed by atoms with Crippen molar-refractivity contribution in [3.8, 4) is 5.75 Å². The van der Waals surface area contributed by atoms with Crippen LogP contribution in [0.5, 0.6) is 5.75 Å². The quantitative estimate of drug-likeness (QED) is 0.720. The summed E-state index contributed by atoms with van der Waals surface area (Å²) >= 11 is 3.78. The number of rotatable bonds is 5. The van der Waals surface area contributed by atoms with Gasteiger partial charge in [-0.1, -0.05) is 40.5 Å². The molecule has 19 heavy (non-hydrogen) atoms. The molecule has 0 aliphatic heterocycles. The summed E-state index contributed by atoms with van der Waals surface area (Å²) in [6.45, 7) is 6.86. The first-order valence-corrected chi connectivity index (χ1v) is 7.52. The van der Waals surface area contributed by atoms with E-state index in [2.05, 4.69) is 41.9 Å². The number of hydrogen-bond acceptors (Lipinski definition) is 2. The van der Waals surface area contributed by atoms with Crippen molar-refractivity contribution in [2.45, 2.75) is 32.0 Å². The molecule has 1 unspecified atom stereocenters. The van der Waals surface area contributed by atoms with Crippen molar-refractivity contribution in [3.63, 3.8) is 0 Å². The Kier molecular flexibility index (Phi) is 4.70. The Hall–Kier alpha value is -1.22. The third-order valence-corrected chi connectivity index (χ3v) is 4.10. The lowest BCUT2D eigenvalue weighted by atomic mass is 10.0. The van der Waals surface area contributed by atoms with Crippen LogP contribution in [-0.4, -0.2) is 6.61 Å². The van der Waals surface area contributed by atoms with E-state index in [1.165, 1.54) is 11.1 Å². The largest absolute Gasteiger partial charge is 0.494 e. The lowest BCUT2D eigenvalue weighted by Gasteiger charge is -2.16. The molecule has 0 bridgehead atoms. The number of hydrogen-bond donors (Lipinski definition) is 0. The molecule has 2 rings (SSSR count). The van der Waals surface area contributed by atoms with E-state index in [1.807, 2.05) is 19.1 Å². The summed E-state index contributed by atoms with van der Waals surface area (Å²) in [6.07, 6.45) is 2.64. The minimum absolute atomic E-state index is 0.0997. The summed E-state index contributed by atoms with van der Waals surface area (Å²) in [5, 5.41) is 0. The van der Waals surface area contributed by atoms with Gasteiger partial charge in [-0.3, -0.25) is 0 Å². The summed E-state index contributed by atoms with van der Waals surface area (Å²) in [4.78, 5) is 0.0997.